The van der Waals surface area contributed by atoms with Crippen molar-refractivity contribution in [2.75, 3.05) is 28.2 Å². The summed E-state index contributed by atoms with van der Waals surface area (Å²) in [4.78, 5) is 13.1. The predicted octanol–water partition coefficient (Wildman–Crippen LogP) is 1.88. The maximum absolute atomic E-state index is 10.7. The molecule has 0 aromatic heterocycles. The number of rotatable bonds is 2. The van der Waals surface area contributed by atoms with E-state index in [4.69, 9.17) is 0 Å². The number of benzene rings is 1. The van der Waals surface area contributed by atoms with Crippen LogP contribution in [0.4, 0.5) is 5.69 Å². The van der Waals surface area contributed by atoms with Gasteiger partial charge in [-0.2, -0.15) is 0 Å². The second-order valence-electron chi connectivity index (χ2n) is 3.93. The van der Waals surface area contributed by atoms with Gasteiger partial charge in [0.25, 0.3) is 5.69 Å². The molecule has 1 aromatic rings. The van der Waals surface area contributed by atoms with E-state index in [1.165, 1.54) is 17.8 Å². The lowest BCUT2D eigenvalue weighted by molar-refractivity contribution is -0.466. The van der Waals surface area contributed by atoms with Gasteiger partial charge in [0.2, 0.25) is 0 Å². The molecule has 0 fully saturated rings. The summed E-state index contributed by atoms with van der Waals surface area (Å²) < 4.78 is 1.98. The molecule has 1 aromatic carbocycles. The lowest BCUT2D eigenvalue weighted by atomic mass is 10.3. The molecule has 0 unspecified atom stereocenters. The van der Waals surface area contributed by atoms with Crippen LogP contribution in [0.2, 0.25) is 0 Å². The minimum atomic E-state index is -0.380. The van der Waals surface area contributed by atoms with E-state index in [-0.39, 0.29) is 10.6 Å². The summed E-state index contributed by atoms with van der Waals surface area (Å²) in [5, 5.41) is 11.7. The summed E-state index contributed by atoms with van der Waals surface area (Å²) >= 11 is 1.50. The summed E-state index contributed by atoms with van der Waals surface area (Å²) in [6.45, 7) is 0. The van der Waals surface area contributed by atoms with Crippen LogP contribution in [0.15, 0.2) is 29.2 Å². The molecule has 0 aliphatic carbocycles. The number of thioether (sulfide) groups is 1. The average Bonchev–Trinajstić information content (AvgIpc) is 2.25. The predicted molar refractivity (Wildman–Crippen MR) is 69.8 cm³/mol. The standard InChI is InChI=1S/C11H16N3O2S/c1-12(2)11(13(3)4)17-10-7-5-6-9(8-10)14(15)16/h5-8H,1-4H3/q+1. The number of hydrogen-bond donors (Lipinski definition) is 0. The quantitative estimate of drug-likeness (QED) is 0.202. The molecule has 92 valence electrons. The van der Waals surface area contributed by atoms with Crippen LogP contribution in [0, 0.1) is 10.1 Å². The monoisotopic (exact) mass is 254 g/mol. The number of amidine groups is 1. The van der Waals surface area contributed by atoms with Crippen LogP contribution in [0.3, 0.4) is 0 Å². The number of hydrogen-bond acceptors (Lipinski definition) is 3. The number of non-ortho nitro benzene ring substituents is 1. The summed E-state index contributed by atoms with van der Waals surface area (Å²) in [6.07, 6.45) is 0. The van der Waals surface area contributed by atoms with Crippen molar-refractivity contribution in [2.45, 2.75) is 4.90 Å². The van der Waals surface area contributed by atoms with E-state index in [0.717, 1.165) is 10.1 Å². The molecule has 1 rings (SSSR count). The average molecular weight is 254 g/mol. The molecule has 0 amide bonds. The van der Waals surface area contributed by atoms with Crippen LogP contribution < -0.4 is 0 Å². The number of nitro benzene ring substituents is 1. The van der Waals surface area contributed by atoms with Crippen LogP contribution in [-0.2, 0) is 0 Å². The first kappa shape index (κ1) is 13.5. The zero-order chi connectivity index (χ0) is 13.0. The van der Waals surface area contributed by atoms with Crippen LogP contribution in [0.5, 0.6) is 0 Å². The molecule has 6 heteroatoms. The highest BCUT2D eigenvalue weighted by Gasteiger charge is 2.15. The van der Waals surface area contributed by atoms with Crippen LogP contribution in [-0.4, -0.2) is 47.8 Å². The van der Waals surface area contributed by atoms with Crippen molar-refractivity contribution in [3.05, 3.63) is 34.4 Å². The zero-order valence-electron chi connectivity index (χ0n) is 10.4. The van der Waals surface area contributed by atoms with Gasteiger partial charge in [-0.25, -0.2) is 0 Å². The van der Waals surface area contributed by atoms with E-state index in [9.17, 15) is 10.1 Å². The molecule has 0 heterocycles. The van der Waals surface area contributed by atoms with Crippen molar-refractivity contribution in [3.63, 3.8) is 0 Å². The second kappa shape index (κ2) is 5.67. The molecule has 0 bridgehead atoms. The third-order valence-electron chi connectivity index (χ3n) is 2.00. The van der Waals surface area contributed by atoms with Gasteiger partial charge in [-0.3, -0.25) is 19.6 Å². The Morgan fingerprint density at radius 1 is 1.35 bits per heavy atom. The van der Waals surface area contributed by atoms with Crippen LogP contribution in [0.25, 0.3) is 0 Å². The molecular formula is C11H16N3O2S+. The van der Waals surface area contributed by atoms with Crippen molar-refractivity contribution >= 4 is 22.6 Å². The van der Waals surface area contributed by atoms with Gasteiger partial charge in [-0.15, -0.1) is 0 Å². The summed E-state index contributed by atoms with van der Waals surface area (Å²) in [7, 11) is 7.78. The van der Waals surface area contributed by atoms with Gasteiger partial charge in [0.05, 0.1) is 33.1 Å². The lowest BCUT2D eigenvalue weighted by Gasteiger charge is -2.10. The van der Waals surface area contributed by atoms with Crippen LogP contribution in [0.1, 0.15) is 0 Å². The fraction of sp³-hybridized carbons (Fsp3) is 0.364. The van der Waals surface area contributed by atoms with E-state index in [1.807, 2.05) is 43.7 Å². The molecule has 0 spiro atoms. The van der Waals surface area contributed by atoms with E-state index >= 15 is 0 Å². The third-order valence-corrected chi connectivity index (χ3v) is 3.41. The fourth-order valence-electron chi connectivity index (χ4n) is 1.35. The minimum absolute atomic E-state index is 0.117. The Hall–Kier alpha value is -1.56. The van der Waals surface area contributed by atoms with E-state index in [0.29, 0.717) is 0 Å². The number of nitro groups is 1. The van der Waals surface area contributed by atoms with Crippen molar-refractivity contribution in [1.82, 2.24) is 4.90 Å². The lowest BCUT2D eigenvalue weighted by Crippen LogP contribution is -2.26. The molecular weight excluding hydrogens is 238 g/mol. The highest BCUT2D eigenvalue weighted by Crippen LogP contribution is 2.24. The van der Waals surface area contributed by atoms with Gasteiger partial charge in [-0.05, 0) is 17.8 Å². The van der Waals surface area contributed by atoms with Crippen LogP contribution >= 0.6 is 11.8 Å². The Bertz CT molecular complexity index is 454. The molecule has 0 N–H and O–H groups in total. The highest BCUT2D eigenvalue weighted by atomic mass is 32.2. The Kier molecular flexibility index (Phi) is 4.51. The van der Waals surface area contributed by atoms with E-state index in [2.05, 4.69) is 0 Å². The maximum Gasteiger partial charge on any atom is 0.312 e. The van der Waals surface area contributed by atoms with Gasteiger partial charge in [0.1, 0.15) is 0 Å². The molecule has 17 heavy (non-hydrogen) atoms. The molecule has 0 radical (unpaired) electrons. The Labute approximate surface area is 105 Å². The molecule has 0 aliphatic heterocycles. The molecule has 0 aliphatic rings. The molecule has 0 saturated heterocycles. The van der Waals surface area contributed by atoms with Crippen molar-refractivity contribution in [3.8, 4) is 0 Å². The Balaban J connectivity index is 2.99. The van der Waals surface area contributed by atoms with Gasteiger partial charge in [0.15, 0.2) is 0 Å². The zero-order valence-corrected chi connectivity index (χ0v) is 11.2. The fourth-order valence-corrected chi connectivity index (χ4v) is 2.25. The van der Waals surface area contributed by atoms with E-state index < -0.39 is 0 Å². The summed E-state index contributed by atoms with van der Waals surface area (Å²) in [6, 6.07) is 6.64. The maximum atomic E-state index is 10.7. The Morgan fingerprint density at radius 3 is 2.47 bits per heavy atom. The first-order valence-electron chi connectivity index (χ1n) is 5.05. The minimum Gasteiger partial charge on any atom is -0.261 e. The first-order valence-corrected chi connectivity index (χ1v) is 5.87. The normalized spacial score (nSPS) is 9.88. The first-order chi connectivity index (χ1) is 7.91. The van der Waals surface area contributed by atoms with Crippen molar-refractivity contribution in [1.29, 1.82) is 0 Å². The molecule has 5 nitrogen and oxygen atoms in total. The van der Waals surface area contributed by atoms with Gasteiger partial charge in [-0.1, -0.05) is 6.07 Å². The Morgan fingerprint density at radius 2 is 2.00 bits per heavy atom. The number of nitrogens with zero attached hydrogens (tertiary/aromatic N) is 3. The van der Waals surface area contributed by atoms with Crippen molar-refractivity contribution < 1.29 is 9.50 Å². The molecule has 0 saturated carbocycles. The SMILES string of the molecule is CN(C)C(Sc1cccc([N+](=O)[O-])c1)=[N+](C)C. The smallest absolute Gasteiger partial charge is 0.261 e. The highest BCUT2D eigenvalue weighted by molar-refractivity contribution is 8.13. The van der Waals surface area contributed by atoms with Crippen molar-refractivity contribution in [2.24, 2.45) is 0 Å². The summed E-state index contributed by atoms with van der Waals surface area (Å²) in [5.74, 6) is 0. The van der Waals surface area contributed by atoms with Gasteiger partial charge >= 0.3 is 5.17 Å². The topological polar surface area (TPSA) is 49.4 Å². The summed E-state index contributed by atoms with van der Waals surface area (Å²) in [5.41, 5.74) is 0.117. The second-order valence-corrected chi connectivity index (χ2v) is 4.97. The van der Waals surface area contributed by atoms with Gasteiger partial charge in [0, 0.05) is 17.0 Å². The third kappa shape index (κ3) is 3.74. The van der Waals surface area contributed by atoms with E-state index in [1.54, 1.807) is 12.1 Å². The largest absolute Gasteiger partial charge is 0.312 e. The van der Waals surface area contributed by atoms with Gasteiger partial charge < -0.3 is 0 Å². The molecule has 0 atom stereocenters.